The van der Waals surface area contributed by atoms with Crippen LogP contribution in [0.2, 0.25) is 0 Å². The molecule has 4 nitrogen and oxygen atoms in total. The lowest BCUT2D eigenvalue weighted by Crippen LogP contribution is -2.49. The first kappa shape index (κ1) is 13.3. The molecule has 17 heavy (non-hydrogen) atoms. The van der Waals surface area contributed by atoms with Gasteiger partial charge in [-0.15, -0.1) is 0 Å². The van der Waals surface area contributed by atoms with Crippen LogP contribution in [0.15, 0.2) is 0 Å². The van der Waals surface area contributed by atoms with Crippen molar-refractivity contribution in [1.82, 2.24) is 10.2 Å². The van der Waals surface area contributed by atoms with Crippen LogP contribution in [-0.2, 0) is 9.84 Å². The lowest BCUT2D eigenvalue weighted by Gasteiger charge is -2.37. The fourth-order valence-corrected chi connectivity index (χ4v) is 3.77. The Balaban J connectivity index is 1.90. The Kier molecular flexibility index (Phi) is 4.10. The summed E-state index contributed by atoms with van der Waals surface area (Å²) < 4.78 is 22.5. The topological polar surface area (TPSA) is 49.4 Å². The molecule has 0 amide bonds. The highest BCUT2D eigenvalue weighted by atomic mass is 32.2. The highest BCUT2D eigenvalue weighted by Crippen LogP contribution is 2.29. The van der Waals surface area contributed by atoms with Gasteiger partial charge in [0.1, 0.15) is 9.84 Å². The predicted octanol–water partition coefficient (Wildman–Crippen LogP) is 0.636. The van der Waals surface area contributed by atoms with Gasteiger partial charge in [-0.05, 0) is 32.2 Å². The average molecular weight is 260 g/mol. The van der Waals surface area contributed by atoms with Crippen molar-refractivity contribution >= 4 is 9.84 Å². The smallest absolute Gasteiger partial charge is 0.148 e. The van der Waals surface area contributed by atoms with E-state index in [0.717, 1.165) is 6.54 Å². The molecule has 2 fully saturated rings. The SMILES string of the molecule is CCN(CCS(C)(=O)=O)C1CC2CCC(C1)N2. The van der Waals surface area contributed by atoms with Crippen molar-refractivity contribution in [1.29, 1.82) is 0 Å². The zero-order chi connectivity index (χ0) is 12.5. The third-order valence-corrected chi connectivity index (χ3v) is 5.04. The Labute approximate surface area is 105 Å². The first-order chi connectivity index (χ1) is 7.98. The van der Waals surface area contributed by atoms with Crippen molar-refractivity contribution in [3.63, 3.8) is 0 Å². The zero-order valence-electron chi connectivity index (χ0n) is 10.9. The van der Waals surface area contributed by atoms with Crippen LogP contribution in [0.5, 0.6) is 0 Å². The number of sulfone groups is 1. The van der Waals surface area contributed by atoms with Crippen LogP contribution in [0.25, 0.3) is 0 Å². The molecule has 0 spiro atoms. The molecule has 0 aliphatic carbocycles. The summed E-state index contributed by atoms with van der Waals surface area (Å²) in [5.74, 6) is 0.292. The van der Waals surface area contributed by atoms with Gasteiger partial charge >= 0.3 is 0 Å². The van der Waals surface area contributed by atoms with Crippen LogP contribution in [0, 0.1) is 0 Å². The molecular formula is C12H24N2O2S. The summed E-state index contributed by atoms with van der Waals surface area (Å²) in [6, 6.07) is 1.93. The minimum absolute atomic E-state index is 0.292. The number of hydrogen-bond acceptors (Lipinski definition) is 4. The van der Waals surface area contributed by atoms with E-state index in [1.54, 1.807) is 0 Å². The summed E-state index contributed by atoms with van der Waals surface area (Å²) in [7, 11) is -2.84. The first-order valence-electron chi connectivity index (χ1n) is 6.65. The highest BCUT2D eigenvalue weighted by molar-refractivity contribution is 7.90. The number of nitrogens with zero attached hydrogens (tertiary/aromatic N) is 1. The molecule has 2 aliphatic rings. The van der Waals surface area contributed by atoms with E-state index in [0.29, 0.717) is 30.4 Å². The molecule has 2 saturated heterocycles. The Hall–Kier alpha value is -0.130. The van der Waals surface area contributed by atoms with Gasteiger partial charge in [0.2, 0.25) is 0 Å². The first-order valence-corrected chi connectivity index (χ1v) is 8.72. The molecule has 2 atom stereocenters. The van der Waals surface area contributed by atoms with E-state index in [-0.39, 0.29) is 0 Å². The van der Waals surface area contributed by atoms with Crippen molar-refractivity contribution in [2.75, 3.05) is 25.1 Å². The van der Waals surface area contributed by atoms with Gasteiger partial charge in [0.25, 0.3) is 0 Å². The molecule has 0 aromatic rings. The van der Waals surface area contributed by atoms with Crippen LogP contribution in [-0.4, -0.2) is 56.5 Å². The molecule has 0 saturated carbocycles. The average Bonchev–Trinajstić information content (AvgIpc) is 2.57. The summed E-state index contributed by atoms with van der Waals surface area (Å²) in [6.07, 6.45) is 6.30. The van der Waals surface area contributed by atoms with Gasteiger partial charge < -0.3 is 5.32 Å². The summed E-state index contributed by atoms with van der Waals surface area (Å²) in [5, 5.41) is 3.63. The van der Waals surface area contributed by atoms with Crippen molar-refractivity contribution in [3.8, 4) is 0 Å². The summed E-state index contributed by atoms with van der Waals surface area (Å²) in [5.41, 5.74) is 0. The predicted molar refractivity (Wildman–Crippen MR) is 69.9 cm³/mol. The fourth-order valence-electron chi connectivity index (χ4n) is 3.21. The van der Waals surface area contributed by atoms with Gasteiger partial charge in [0, 0.05) is 30.9 Å². The number of nitrogens with one attached hydrogen (secondary N) is 1. The second-order valence-corrected chi connectivity index (χ2v) is 7.78. The van der Waals surface area contributed by atoms with Gasteiger partial charge in [-0.25, -0.2) is 8.42 Å². The van der Waals surface area contributed by atoms with Crippen molar-refractivity contribution < 1.29 is 8.42 Å². The summed E-state index contributed by atoms with van der Waals surface area (Å²) in [6.45, 7) is 3.78. The number of hydrogen-bond donors (Lipinski definition) is 1. The van der Waals surface area contributed by atoms with E-state index in [2.05, 4.69) is 17.1 Å². The van der Waals surface area contributed by atoms with E-state index < -0.39 is 9.84 Å². The quantitative estimate of drug-likeness (QED) is 0.788. The third kappa shape index (κ3) is 3.66. The van der Waals surface area contributed by atoms with Crippen LogP contribution >= 0.6 is 0 Å². The minimum atomic E-state index is -2.84. The zero-order valence-corrected chi connectivity index (χ0v) is 11.7. The monoisotopic (exact) mass is 260 g/mol. The summed E-state index contributed by atoms with van der Waals surface area (Å²) >= 11 is 0. The van der Waals surface area contributed by atoms with E-state index in [4.69, 9.17) is 0 Å². The van der Waals surface area contributed by atoms with Crippen LogP contribution in [0.4, 0.5) is 0 Å². The minimum Gasteiger partial charge on any atom is -0.311 e. The van der Waals surface area contributed by atoms with E-state index in [9.17, 15) is 8.42 Å². The maximum absolute atomic E-state index is 11.2. The Morgan fingerprint density at radius 1 is 1.24 bits per heavy atom. The van der Waals surface area contributed by atoms with Gasteiger partial charge in [-0.2, -0.15) is 0 Å². The maximum atomic E-state index is 11.2. The molecule has 5 heteroatoms. The Morgan fingerprint density at radius 2 is 1.82 bits per heavy atom. The summed E-state index contributed by atoms with van der Waals surface area (Å²) in [4.78, 5) is 2.35. The van der Waals surface area contributed by atoms with Crippen molar-refractivity contribution in [2.24, 2.45) is 0 Å². The maximum Gasteiger partial charge on any atom is 0.148 e. The molecule has 0 radical (unpaired) electrons. The van der Waals surface area contributed by atoms with Gasteiger partial charge in [0.05, 0.1) is 5.75 Å². The number of rotatable bonds is 5. The number of fused-ring (bicyclic) bond motifs is 2. The molecule has 0 aromatic carbocycles. The number of piperidine rings is 1. The van der Waals surface area contributed by atoms with E-state index in [1.807, 2.05) is 0 Å². The molecule has 2 aliphatic heterocycles. The van der Waals surface area contributed by atoms with Crippen LogP contribution in [0.1, 0.15) is 32.6 Å². The second kappa shape index (κ2) is 5.24. The van der Waals surface area contributed by atoms with Crippen molar-refractivity contribution in [3.05, 3.63) is 0 Å². The highest BCUT2D eigenvalue weighted by Gasteiger charge is 2.35. The van der Waals surface area contributed by atoms with Crippen LogP contribution in [0.3, 0.4) is 0 Å². The normalized spacial score (nSPS) is 33.2. The Bertz CT molecular complexity index is 344. The fraction of sp³-hybridized carbons (Fsp3) is 1.00. The van der Waals surface area contributed by atoms with Gasteiger partial charge in [-0.3, -0.25) is 4.90 Å². The lowest BCUT2D eigenvalue weighted by molar-refractivity contribution is 0.156. The molecular weight excluding hydrogens is 236 g/mol. The van der Waals surface area contributed by atoms with E-state index in [1.165, 1.54) is 31.9 Å². The molecule has 2 unspecified atom stereocenters. The Morgan fingerprint density at radius 3 is 2.29 bits per heavy atom. The second-order valence-electron chi connectivity index (χ2n) is 5.52. The molecule has 100 valence electrons. The molecule has 0 aromatic heterocycles. The van der Waals surface area contributed by atoms with Crippen LogP contribution < -0.4 is 5.32 Å². The molecule has 2 heterocycles. The lowest BCUT2D eigenvalue weighted by atomic mass is 9.98. The third-order valence-electron chi connectivity index (χ3n) is 4.12. The molecule has 2 rings (SSSR count). The van der Waals surface area contributed by atoms with Gasteiger partial charge in [0.15, 0.2) is 0 Å². The van der Waals surface area contributed by atoms with Crippen molar-refractivity contribution in [2.45, 2.75) is 50.7 Å². The van der Waals surface area contributed by atoms with E-state index >= 15 is 0 Å². The molecule has 2 bridgehead atoms. The largest absolute Gasteiger partial charge is 0.311 e. The standard InChI is InChI=1S/C12H24N2O2S/c1-3-14(6-7-17(2,15)16)12-8-10-4-5-11(9-12)13-10/h10-13H,3-9H2,1-2H3. The molecule has 1 N–H and O–H groups in total. The van der Waals surface area contributed by atoms with Gasteiger partial charge in [-0.1, -0.05) is 6.92 Å².